The maximum absolute atomic E-state index is 8.21. The zero-order chi connectivity index (χ0) is 14.1. The molecule has 1 saturated heterocycles. The van der Waals surface area contributed by atoms with Crippen molar-refractivity contribution in [1.82, 2.24) is 5.32 Å². The van der Waals surface area contributed by atoms with E-state index in [2.05, 4.69) is 46.1 Å². The van der Waals surface area contributed by atoms with E-state index < -0.39 is 0 Å². The van der Waals surface area contributed by atoms with Gasteiger partial charge in [0.05, 0.1) is 12.7 Å². The second-order valence-corrected chi connectivity index (χ2v) is 4.80. The van der Waals surface area contributed by atoms with Crippen LogP contribution in [-0.2, 0) is 4.74 Å². The number of aliphatic hydroxyl groups excluding tert-OH is 1. The lowest BCUT2D eigenvalue weighted by molar-refractivity contribution is 0.0623. The number of anilines is 1. The maximum Gasteiger partial charge on any atom is 0.0773 e. The maximum atomic E-state index is 8.21. The van der Waals surface area contributed by atoms with Crippen molar-refractivity contribution in [2.24, 2.45) is 0 Å². The van der Waals surface area contributed by atoms with Crippen molar-refractivity contribution in [2.45, 2.75) is 20.0 Å². The van der Waals surface area contributed by atoms with Crippen molar-refractivity contribution in [3.8, 4) is 0 Å². The van der Waals surface area contributed by atoms with Gasteiger partial charge >= 0.3 is 0 Å². The fourth-order valence-corrected chi connectivity index (χ4v) is 1.82. The summed E-state index contributed by atoms with van der Waals surface area (Å²) in [5.74, 6) is 0. The van der Waals surface area contributed by atoms with Crippen LogP contribution in [0.5, 0.6) is 0 Å². The summed E-state index contributed by atoms with van der Waals surface area (Å²) in [4.78, 5) is 2.43. The lowest BCUT2D eigenvalue weighted by Gasteiger charge is -2.29. The molecule has 1 heterocycles. The first-order valence-electron chi connectivity index (χ1n) is 6.83. The van der Waals surface area contributed by atoms with Gasteiger partial charge < -0.3 is 20.1 Å². The normalized spacial score (nSPS) is 16.5. The molecule has 2 N–H and O–H groups in total. The number of hydrogen-bond donors (Lipinski definition) is 2. The van der Waals surface area contributed by atoms with Crippen molar-refractivity contribution < 1.29 is 9.84 Å². The summed E-state index contributed by atoms with van der Waals surface area (Å²) < 4.78 is 4.65. The number of hydrogen-bond acceptors (Lipinski definition) is 4. The summed E-state index contributed by atoms with van der Waals surface area (Å²) in [6, 6.07) is 8.72. The van der Waals surface area contributed by atoms with Crippen LogP contribution in [0.1, 0.15) is 12.5 Å². The van der Waals surface area contributed by atoms with Gasteiger partial charge in [-0.3, -0.25) is 0 Å². The summed E-state index contributed by atoms with van der Waals surface area (Å²) >= 11 is 0. The van der Waals surface area contributed by atoms with E-state index in [4.69, 9.17) is 5.11 Å². The van der Waals surface area contributed by atoms with Gasteiger partial charge in [0.15, 0.2) is 0 Å². The van der Waals surface area contributed by atoms with Gasteiger partial charge in [0.2, 0.25) is 0 Å². The van der Waals surface area contributed by atoms with Crippen molar-refractivity contribution in [2.75, 3.05) is 44.8 Å². The minimum Gasteiger partial charge on any atom is -0.394 e. The molecule has 2 rings (SSSR count). The quantitative estimate of drug-likeness (QED) is 0.868. The lowest BCUT2D eigenvalue weighted by atomic mass is 10.2. The van der Waals surface area contributed by atoms with Gasteiger partial charge in [0, 0.05) is 39.0 Å². The Kier molecular flexibility index (Phi) is 7.48. The molecule has 108 valence electrons. The van der Waals surface area contributed by atoms with E-state index in [-0.39, 0.29) is 12.7 Å². The molecule has 0 radical (unpaired) electrons. The van der Waals surface area contributed by atoms with Crippen LogP contribution < -0.4 is 10.2 Å². The summed E-state index contributed by atoms with van der Waals surface area (Å²) in [6.07, 6.45) is -0.00926. The van der Waals surface area contributed by atoms with Gasteiger partial charge in [-0.25, -0.2) is 0 Å². The van der Waals surface area contributed by atoms with Crippen LogP contribution in [-0.4, -0.2) is 51.1 Å². The highest BCUT2D eigenvalue weighted by Gasteiger charge is 2.09. The zero-order valence-electron chi connectivity index (χ0n) is 12.2. The van der Waals surface area contributed by atoms with Crippen LogP contribution in [0.4, 0.5) is 5.69 Å². The molecule has 0 amide bonds. The van der Waals surface area contributed by atoms with Gasteiger partial charge in [-0.2, -0.15) is 0 Å². The number of ether oxygens (including phenoxy) is 1. The standard InChI is InChI=1S/C11H16N2.C4H10O2/c1-10-3-2-4-11(9-10)13-7-5-12-6-8-13;1-4(3-5)6-2/h2-4,9,12H,5-8H2,1H3;4-5H,3H2,1-2H3/t;4-/m.1/s1. The lowest BCUT2D eigenvalue weighted by Crippen LogP contribution is -2.43. The van der Waals surface area contributed by atoms with Crippen LogP contribution in [0.3, 0.4) is 0 Å². The number of benzene rings is 1. The third-order valence-corrected chi connectivity index (χ3v) is 3.14. The van der Waals surface area contributed by atoms with Gasteiger partial charge in [-0.05, 0) is 31.5 Å². The Hall–Kier alpha value is -1.10. The topological polar surface area (TPSA) is 44.7 Å². The molecule has 0 bridgehead atoms. The highest BCUT2D eigenvalue weighted by Crippen LogP contribution is 2.15. The molecule has 0 aliphatic carbocycles. The Morgan fingerprint density at radius 3 is 2.53 bits per heavy atom. The Balaban J connectivity index is 0.000000258. The smallest absolute Gasteiger partial charge is 0.0773 e. The number of nitrogens with one attached hydrogen (secondary N) is 1. The van der Waals surface area contributed by atoms with E-state index in [1.807, 2.05) is 0 Å². The first-order valence-corrected chi connectivity index (χ1v) is 6.83. The molecule has 1 aromatic carbocycles. The van der Waals surface area contributed by atoms with E-state index in [0.29, 0.717) is 0 Å². The van der Waals surface area contributed by atoms with Crippen LogP contribution >= 0.6 is 0 Å². The molecule has 0 saturated carbocycles. The van der Waals surface area contributed by atoms with Crippen LogP contribution in [0, 0.1) is 6.92 Å². The largest absolute Gasteiger partial charge is 0.394 e. The van der Waals surface area contributed by atoms with Gasteiger partial charge in [0.1, 0.15) is 0 Å². The molecule has 0 unspecified atom stereocenters. The van der Waals surface area contributed by atoms with E-state index in [1.54, 1.807) is 14.0 Å². The first-order chi connectivity index (χ1) is 9.17. The highest BCUT2D eigenvalue weighted by atomic mass is 16.5. The molecule has 0 aromatic heterocycles. The number of nitrogens with zero attached hydrogens (tertiary/aromatic N) is 1. The molecule has 1 atom stereocenters. The van der Waals surface area contributed by atoms with E-state index >= 15 is 0 Å². The van der Waals surface area contributed by atoms with Gasteiger partial charge in [-0.1, -0.05) is 12.1 Å². The molecule has 4 nitrogen and oxygen atoms in total. The average molecular weight is 266 g/mol. The summed E-state index contributed by atoms with van der Waals surface area (Å²) in [5, 5.41) is 11.6. The molecule has 1 aliphatic rings. The fraction of sp³-hybridized carbons (Fsp3) is 0.600. The average Bonchev–Trinajstić information content (AvgIpc) is 2.48. The van der Waals surface area contributed by atoms with Gasteiger partial charge in [0.25, 0.3) is 0 Å². The number of piperazine rings is 1. The SMILES string of the molecule is CO[C@H](C)CO.Cc1cccc(N2CCNCC2)c1. The summed E-state index contributed by atoms with van der Waals surface area (Å²) in [7, 11) is 1.57. The predicted octanol–water partition coefficient (Wildman–Crippen LogP) is 1.42. The zero-order valence-corrected chi connectivity index (χ0v) is 12.2. The van der Waals surface area contributed by atoms with Gasteiger partial charge in [-0.15, -0.1) is 0 Å². The summed E-state index contributed by atoms with van der Waals surface area (Å²) in [6.45, 7) is 8.52. The molecular formula is C15H26N2O2. The Bertz CT molecular complexity index is 348. The highest BCUT2D eigenvalue weighted by molar-refractivity contribution is 5.48. The third kappa shape index (κ3) is 6.05. The van der Waals surface area contributed by atoms with E-state index in [0.717, 1.165) is 26.2 Å². The second kappa shape index (κ2) is 8.91. The Morgan fingerprint density at radius 2 is 2.05 bits per heavy atom. The number of aliphatic hydroxyl groups is 1. The van der Waals surface area contributed by atoms with Crippen molar-refractivity contribution in [3.63, 3.8) is 0 Å². The Labute approximate surface area is 116 Å². The fourth-order valence-electron chi connectivity index (χ4n) is 1.82. The first kappa shape index (κ1) is 16.0. The van der Waals surface area contributed by atoms with Crippen LogP contribution in [0.15, 0.2) is 24.3 Å². The molecule has 1 aliphatic heterocycles. The molecule has 0 spiro atoms. The molecule has 4 heteroatoms. The molecular weight excluding hydrogens is 240 g/mol. The van der Waals surface area contributed by atoms with E-state index in [9.17, 15) is 0 Å². The van der Waals surface area contributed by atoms with Crippen molar-refractivity contribution >= 4 is 5.69 Å². The molecule has 19 heavy (non-hydrogen) atoms. The van der Waals surface area contributed by atoms with Crippen LogP contribution in [0.25, 0.3) is 0 Å². The minimum atomic E-state index is -0.00926. The Morgan fingerprint density at radius 1 is 1.37 bits per heavy atom. The number of aryl methyl sites for hydroxylation is 1. The van der Waals surface area contributed by atoms with Crippen molar-refractivity contribution in [3.05, 3.63) is 29.8 Å². The number of methoxy groups -OCH3 is 1. The molecule has 1 aromatic rings. The third-order valence-electron chi connectivity index (χ3n) is 3.14. The van der Waals surface area contributed by atoms with E-state index in [1.165, 1.54) is 11.3 Å². The van der Waals surface area contributed by atoms with Crippen molar-refractivity contribution in [1.29, 1.82) is 0 Å². The molecule has 1 fully saturated rings. The van der Waals surface area contributed by atoms with Crippen LogP contribution in [0.2, 0.25) is 0 Å². The summed E-state index contributed by atoms with van der Waals surface area (Å²) in [5.41, 5.74) is 2.71. The minimum absolute atomic E-state index is 0.00926. The monoisotopic (exact) mass is 266 g/mol. The predicted molar refractivity (Wildman–Crippen MR) is 79.8 cm³/mol. The second-order valence-electron chi connectivity index (χ2n) is 4.80. The number of rotatable bonds is 3.